The van der Waals surface area contributed by atoms with Crippen LogP contribution in [0.2, 0.25) is 0 Å². The highest BCUT2D eigenvalue weighted by atomic mass is 16.4. The highest BCUT2D eigenvalue weighted by molar-refractivity contribution is 5.69. The van der Waals surface area contributed by atoms with Crippen molar-refractivity contribution >= 4 is 5.97 Å². The predicted molar refractivity (Wildman–Crippen MR) is 75.4 cm³/mol. The molecule has 2 aliphatic rings. The minimum absolute atomic E-state index is 0.170. The van der Waals surface area contributed by atoms with Crippen LogP contribution in [0.4, 0.5) is 0 Å². The zero-order valence-corrected chi connectivity index (χ0v) is 12.4. The van der Waals surface area contributed by atoms with Crippen molar-refractivity contribution in [1.29, 1.82) is 0 Å². The van der Waals surface area contributed by atoms with E-state index in [-0.39, 0.29) is 6.54 Å². The molecule has 5 nitrogen and oxygen atoms in total. The normalized spacial score (nSPS) is 28.5. The number of hydrogen-bond acceptors (Lipinski definition) is 4. The Bertz CT molecular complexity index is 318. The molecule has 1 aliphatic heterocycles. The first-order valence-corrected chi connectivity index (χ1v) is 7.33. The molecule has 5 heteroatoms. The number of aliphatic carboxylic acids is 1. The van der Waals surface area contributed by atoms with Gasteiger partial charge in [-0.1, -0.05) is 0 Å². The van der Waals surface area contributed by atoms with Gasteiger partial charge in [0.25, 0.3) is 0 Å². The molecule has 0 radical (unpaired) electrons. The summed E-state index contributed by atoms with van der Waals surface area (Å²) >= 11 is 0. The van der Waals surface area contributed by atoms with Gasteiger partial charge in [-0.25, -0.2) is 0 Å². The average Bonchev–Trinajstić information content (AvgIpc) is 3.07. The van der Waals surface area contributed by atoms with Crippen molar-refractivity contribution in [3.63, 3.8) is 0 Å². The Morgan fingerprint density at radius 3 is 2.53 bits per heavy atom. The van der Waals surface area contributed by atoms with Crippen LogP contribution in [-0.4, -0.2) is 84.2 Å². The lowest BCUT2D eigenvalue weighted by Crippen LogP contribution is -2.44. The third kappa shape index (κ3) is 4.16. The number of carboxylic acids is 1. The summed E-state index contributed by atoms with van der Waals surface area (Å²) in [5, 5.41) is 9.09. The summed E-state index contributed by atoms with van der Waals surface area (Å²) in [7, 11) is 4.07. The Morgan fingerprint density at radius 1 is 1.32 bits per heavy atom. The first-order valence-electron chi connectivity index (χ1n) is 7.33. The minimum Gasteiger partial charge on any atom is -0.480 e. The lowest BCUT2D eigenvalue weighted by molar-refractivity contribution is -0.138. The van der Waals surface area contributed by atoms with E-state index in [1.807, 2.05) is 14.1 Å². The molecule has 0 bridgehead atoms. The van der Waals surface area contributed by atoms with Gasteiger partial charge in [0.15, 0.2) is 0 Å². The van der Waals surface area contributed by atoms with Gasteiger partial charge in [0.1, 0.15) is 0 Å². The van der Waals surface area contributed by atoms with Crippen molar-refractivity contribution in [3.8, 4) is 0 Å². The molecule has 110 valence electrons. The summed E-state index contributed by atoms with van der Waals surface area (Å²) in [4.78, 5) is 17.9. The number of carbonyl (C=O) groups is 1. The Kier molecular flexibility index (Phi) is 4.81. The van der Waals surface area contributed by atoms with Crippen LogP contribution in [0, 0.1) is 0 Å². The Balaban J connectivity index is 1.91. The molecule has 0 amide bonds. The summed E-state index contributed by atoms with van der Waals surface area (Å²) in [5.74, 6) is -0.712. The van der Waals surface area contributed by atoms with Gasteiger partial charge in [-0.2, -0.15) is 0 Å². The van der Waals surface area contributed by atoms with Gasteiger partial charge in [-0.3, -0.25) is 14.6 Å². The molecule has 0 aromatic carbocycles. The van der Waals surface area contributed by atoms with Crippen molar-refractivity contribution in [2.45, 2.75) is 44.3 Å². The quantitative estimate of drug-likeness (QED) is 0.732. The number of hydrogen-bond donors (Lipinski definition) is 1. The van der Waals surface area contributed by atoms with Crippen LogP contribution in [0.15, 0.2) is 0 Å². The largest absolute Gasteiger partial charge is 0.480 e. The number of rotatable bonds is 7. The van der Waals surface area contributed by atoms with Crippen molar-refractivity contribution in [2.24, 2.45) is 0 Å². The third-order valence-electron chi connectivity index (χ3n) is 4.31. The standard InChI is InChI=1S/C14H27N3O2/c1-11-8-13(9-17(11)12-4-5-12)16(10-14(18)19)7-6-15(2)3/h11-13H,4-10H2,1-3H3,(H,18,19). The van der Waals surface area contributed by atoms with Gasteiger partial charge in [0.2, 0.25) is 0 Å². The summed E-state index contributed by atoms with van der Waals surface area (Å²) in [6.07, 6.45) is 3.76. The summed E-state index contributed by atoms with van der Waals surface area (Å²) in [6.45, 7) is 5.26. The molecule has 19 heavy (non-hydrogen) atoms. The Hall–Kier alpha value is -0.650. The molecule has 1 heterocycles. The van der Waals surface area contributed by atoms with Crippen LogP contribution in [0.1, 0.15) is 26.2 Å². The topological polar surface area (TPSA) is 47.0 Å². The zero-order valence-electron chi connectivity index (χ0n) is 12.4. The van der Waals surface area contributed by atoms with E-state index in [1.54, 1.807) is 0 Å². The molecule has 2 unspecified atom stereocenters. The summed E-state index contributed by atoms with van der Waals surface area (Å²) in [6, 6.07) is 1.79. The summed E-state index contributed by atoms with van der Waals surface area (Å²) < 4.78 is 0. The molecule has 2 atom stereocenters. The number of nitrogens with zero attached hydrogens (tertiary/aromatic N) is 3. The molecule has 0 spiro atoms. The summed E-state index contributed by atoms with van der Waals surface area (Å²) in [5.41, 5.74) is 0. The van der Waals surface area contributed by atoms with Crippen molar-refractivity contribution in [2.75, 3.05) is 40.3 Å². The predicted octanol–water partition coefficient (Wildman–Crippen LogP) is 0.560. The van der Waals surface area contributed by atoms with Crippen LogP contribution in [0.3, 0.4) is 0 Å². The average molecular weight is 269 g/mol. The molecule has 2 rings (SSSR count). The molecule has 1 saturated carbocycles. The van der Waals surface area contributed by atoms with E-state index >= 15 is 0 Å². The van der Waals surface area contributed by atoms with E-state index < -0.39 is 5.97 Å². The second-order valence-corrected chi connectivity index (χ2v) is 6.33. The Morgan fingerprint density at radius 2 is 2.00 bits per heavy atom. The lowest BCUT2D eigenvalue weighted by atomic mass is 10.1. The van der Waals surface area contributed by atoms with E-state index in [2.05, 4.69) is 21.6 Å². The maximum Gasteiger partial charge on any atom is 0.317 e. The van der Waals surface area contributed by atoms with Crippen LogP contribution in [-0.2, 0) is 4.79 Å². The van der Waals surface area contributed by atoms with Crippen molar-refractivity contribution < 1.29 is 9.90 Å². The van der Waals surface area contributed by atoms with Gasteiger partial charge < -0.3 is 10.0 Å². The zero-order chi connectivity index (χ0) is 14.0. The molecule has 0 aromatic heterocycles. The third-order valence-corrected chi connectivity index (χ3v) is 4.31. The van der Waals surface area contributed by atoms with Crippen LogP contribution in [0.25, 0.3) is 0 Å². The first kappa shape index (κ1) is 14.8. The van der Waals surface area contributed by atoms with E-state index in [0.29, 0.717) is 12.1 Å². The van der Waals surface area contributed by atoms with Gasteiger partial charge in [-0.15, -0.1) is 0 Å². The monoisotopic (exact) mass is 269 g/mol. The van der Waals surface area contributed by atoms with Gasteiger partial charge >= 0.3 is 5.97 Å². The van der Waals surface area contributed by atoms with E-state index in [4.69, 9.17) is 5.11 Å². The second kappa shape index (κ2) is 6.20. The fraction of sp³-hybridized carbons (Fsp3) is 0.929. The van der Waals surface area contributed by atoms with Gasteiger partial charge in [0.05, 0.1) is 6.54 Å². The number of carboxylic acid groups (broad SMARTS) is 1. The van der Waals surface area contributed by atoms with Crippen molar-refractivity contribution in [1.82, 2.24) is 14.7 Å². The molecule has 1 saturated heterocycles. The minimum atomic E-state index is -0.712. The lowest BCUT2D eigenvalue weighted by Gasteiger charge is -2.28. The van der Waals surface area contributed by atoms with E-state index in [1.165, 1.54) is 12.8 Å². The van der Waals surface area contributed by atoms with Crippen LogP contribution in [0.5, 0.6) is 0 Å². The molecule has 0 aromatic rings. The van der Waals surface area contributed by atoms with E-state index in [0.717, 1.165) is 32.1 Å². The first-order chi connectivity index (χ1) is 8.97. The smallest absolute Gasteiger partial charge is 0.317 e. The highest BCUT2D eigenvalue weighted by Crippen LogP contribution is 2.34. The Labute approximate surface area is 116 Å². The van der Waals surface area contributed by atoms with Gasteiger partial charge in [-0.05, 0) is 40.3 Å². The molecule has 1 aliphatic carbocycles. The van der Waals surface area contributed by atoms with Crippen LogP contribution < -0.4 is 0 Å². The maximum absolute atomic E-state index is 11.1. The van der Waals surface area contributed by atoms with Crippen molar-refractivity contribution in [3.05, 3.63) is 0 Å². The van der Waals surface area contributed by atoms with Gasteiger partial charge in [0, 0.05) is 37.8 Å². The second-order valence-electron chi connectivity index (χ2n) is 6.33. The maximum atomic E-state index is 11.1. The van der Waals surface area contributed by atoms with Crippen LogP contribution >= 0.6 is 0 Å². The van der Waals surface area contributed by atoms with E-state index in [9.17, 15) is 4.79 Å². The molecule has 1 N–H and O–H groups in total. The molecular formula is C14H27N3O2. The fourth-order valence-corrected chi connectivity index (χ4v) is 3.10. The number of likely N-dealkylation sites (N-methyl/N-ethyl adjacent to an activating group) is 1. The molecular weight excluding hydrogens is 242 g/mol. The SMILES string of the molecule is CC1CC(N(CCN(C)C)CC(=O)O)CN1C1CC1. The highest BCUT2D eigenvalue weighted by Gasteiger charge is 2.40. The number of likely N-dealkylation sites (tertiary alicyclic amines) is 1. The molecule has 2 fully saturated rings. The fourth-order valence-electron chi connectivity index (χ4n) is 3.10.